The molecule has 11 aromatic rings. The van der Waals surface area contributed by atoms with Crippen LogP contribution in [-0.4, -0.2) is 95.4 Å². The number of carbonyl (C=O) groups is 5. The Labute approximate surface area is 672 Å². The number of nitrogens with one attached hydrogen (secondary N) is 3. The third kappa shape index (κ3) is 25.8. The number of carboxylic acid groups (broad SMARTS) is 1. The molecule has 0 saturated carbocycles. The number of halogens is 19. The number of rotatable bonds is 15. The number of benzene rings is 4. The van der Waals surface area contributed by atoms with Crippen LogP contribution in [0.25, 0.3) is 10.6 Å². The van der Waals surface area contributed by atoms with Gasteiger partial charge in [-0.25, -0.2) is 39.9 Å². The van der Waals surface area contributed by atoms with Gasteiger partial charge in [0.05, 0.1) is 45.7 Å². The Morgan fingerprint density at radius 2 is 0.713 bits per heavy atom. The summed E-state index contributed by atoms with van der Waals surface area (Å²) in [5.41, 5.74) is -2.60. The largest absolute Gasteiger partial charge is 0.507 e. The normalized spacial score (nSPS) is 10.6. The van der Waals surface area contributed by atoms with Crippen LogP contribution in [0.5, 0.6) is 0 Å². The molecule has 8 N–H and O–H groups in total. The van der Waals surface area contributed by atoms with Gasteiger partial charge in [-0.3, -0.25) is 79.1 Å². The lowest BCUT2D eigenvalue weighted by molar-refractivity contribution is -0.384. The van der Waals surface area contributed by atoms with E-state index >= 15 is 0 Å². The van der Waals surface area contributed by atoms with Gasteiger partial charge in [-0.15, -0.1) is 56.7 Å². The van der Waals surface area contributed by atoms with Crippen LogP contribution in [-0.2, 0) is 26.4 Å². The van der Waals surface area contributed by atoms with Crippen LogP contribution in [0.15, 0.2) is 115 Å². The molecule has 0 saturated heterocycles. The minimum absolute atomic E-state index is 0.0380. The summed E-state index contributed by atoms with van der Waals surface area (Å²) in [6, 6.07) is 18.4. The Kier molecular flexibility index (Phi) is 33.2. The lowest BCUT2D eigenvalue weighted by Crippen LogP contribution is -2.35. The molecule has 608 valence electrons. The molecule has 0 atom stereocenters. The first-order chi connectivity index (χ1) is 53.4. The zero-order chi connectivity index (χ0) is 86.9. The Morgan fingerprint density at radius 1 is 0.443 bits per heavy atom. The number of carbonyl (C=O) groups excluding carboxylic acids is 4. The number of hydrogen-bond donors (Lipinski definition) is 7. The molecule has 0 spiro atoms. The molecule has 31 nitrogen and oxygen atoms in total. The quantitative estimate of drug-likeness (QED) is 0.0125. The van der Waals surface area contributed by atoms with Gasteiger partial charge in [-0.05, 0) is 72.3 Å². The average molecular weight is 1830 g/mol. The van der Waals surface area contributed by atoms with E-state index in [9.17, 15) is 136 Å². The monoisotopic (exact) mass is 1820 g/mol. The van der Waals surface area contributed by atoms with Crippen molar-refractivity contribution in [2.75, 3.05) is 21.7 Å². The summed E-state index contributed by atoms with van der Waals surface area (Å²) in [4.78, 5) is 105. The predicted octanol–water partition coefficient (Wildman–Crippen LogP) is 17.6. The fraction of sp³-hybridized carbons (Fsp3) is 0.0678. The van der Waals surface area contributed by atoms with Gasteiger partial charge in [0.25, 0.3) is 51.4 Å². The van der Waals surface area contributed by atoms with Gasteiger partial charge in [0.15, 0.2) is 28.7 Å². The highest BCUT2D eigenvalue weighted by Gasteiger charge is 2.38. The minimum atomic E-state index is -4.77. The molecule has 56 heteroatoms. The molecule has 0 unspecified atom stereocenters. The highest BCUT2D eigenvalue weighted by atomic mass is 35.5. The number of nitrogens with zero attached hydrogens (tertiary/aromatic N) is 9. The average Bonchev–Trinajstić information content (AvgIpc) is 1.62. The number of aromatic nitrogens is 4. The van der Waals surface area contributed by atoms with Gasteiger partial charge < -0.3 is 36.8 Å². The number of nitro groups is 5. The summed E-state index contributed by atoms with van der Waals surface area (Å²) in [6.07, 6.45) is -9.34. The molecular formula is C59H33BCl5F14N13O18S5. The maximum absolute atomic E-state index is 13.7. The third-order valence-electron chi connectivity index (χ3n) is 12.9. The van der Waals surface area contributed by atoms with E-state index in [0.717, 1.165) is 125 Å². The number of alkyl halides is 6. The smallest absolute Gasteiger partial charge is 0.477 e. The van der Waals surface area contributed by atoms with Crippen molar-refractivity contribution < 1.29 is 125 Å². The molecule has 3 amide bonds. The number of aromatic carboxylic acids is 1. The minimum Gasteiger partial charge on any atom is -0.477 e. The van der Waals surface area contributed by atoms with E-state index in [-0.39, 0.29) is 69.3 Å². The molecule has 0 fully saturated rings. The van der Waals surface area contributed by atoms with Crippen molar-refractivity contribution in [3.05, 3.63) is 265 Å². The van der Waals surface area contributed by atoms with E-state index in [4.69, 9.17) is 78.9 Å². The number of amides is 3. The Bertz CT molecular complexity index is 5290. The van der Waals surface area contributed by atoms with Crippen molar-refractivity contribution in [3.8, 4) is 10.6 Å². The first kappa shape index (κ1) is 94.2. The number of aryl methyl sites for hydroxylation is 2. The number of hydrogen-bond acceptors (Lipinski definition) is 25. The molecule has 0 aliphatic rings. The molecule has 0 radical (unpaired) electrons. The predicted molar refractivity (Wildman–Crippen MR) is 391 cm³/mol. The molecule has 7 aromatic heterocycles. The fourth-order valence-corrected chi connectivity index (χ4v) is 13.3. The van der Waals surface area contributed by atoms with Gasteiger partial charge in [0.1, 0.15) is 88.8 Å². The van der Waals surface area contributed by atoms with E-state index in [0.29, 0.717) is 57.5 Å². The summed E-state index contributed by atoms with van der Waals surface area (Å²) in [5, 5.41) is 90.2. The van der Waals surface area contributed by atoms with E-state index < -0.39 is 171 Å². The van der Waals surface area contributed by atoms with Gasteiger partial charge in [-0.2, -0.15) is 36.5 Å². The van der Waals surface area contributed by atoms with Crippen LogP contribution in [0, 0.1) is 97.1 Å². The number of para-hydroxylation sites is 4. The van der Waals surface area contributed by atoms with Crippen molar-refractivity contribution in [1.29, 1.82) is 0 Å². The topological polar surface area (TPSA) is 459 Å². The van der Waals surface area contributed by atoms with Crippen LogP contribution < -0.4 is 27.3 Å². The summed E-state index contributed by atoms with van der Waals surface area (Å²) < 4.78 is 181. The molecule has 115 heavy (non-hydrogen) atoms. The van der Waals surface area contributed by atoms with Gasteiger partial charge in [0, 0.05) is 44.4 Å². The first-order valence-corrected chi connectivity index (χ1v) is 34.8. The van der Waals surface area contributed by atoms with E-state index in [1.165, 1.54) is 13.1 Å². The van der Waals surface area contributed by atoms with Gasteiger partial charge >= 0.3 is 25.4 Å². The molecule has 0 aliphatic carbocycles. The van der Waals surface area contributed by atoms with E-state index in [1.807, 2.05) is 16.0 Å². The molecule has 0 bridgehead atoms. The second-order valence-electron chi connectivity index (χ2n) is 20.5. The van der Waals surface area contributed by atoms with Crippen LogP contribution in [0.3, 0.4) is 0 Å². The maximum Gasteiger partial charge on any atom is 0.507 e. The van der Waals surface area contributed by atoms with Gasteiger partial charge in [-0.1, -0.05) is 70.7 Å². The molecule has 7 heterocycles. The van der Waals surface area contributed by atoms with Crippen LogP contribution in [0.4, 0.5) is 113 Å². The fourth-order valence-electron chi connectivity index (χ4n) is 7.74. The first-order valence-electron chi connectivity index (χ1n) is 28.9. The summed E-state index contributed by atoms with van der Waals surface area (Å²) in [5.74, 6) is -11.4. The lowest BCUT2D eigenvalue weighted by Gasteiger charge is -2.05. The van der Waals surface area contributed by atoms with Crippen LogP contribution in [0.2, 0.25) is 17.3 Å². The van der Waals surface area contributed by atoms with Crippen LogP contribution in [0.1, 0.15) is 59.7 Å². The molecular weight excluding hydrogens is 1790 g/mol. The van der Waals surface area contributed by atoms with Crippen molar-refractivity contribution in [2.24, 2.45) is 14.1 Å². The number of thiophene rings is 5. The SMILES string of the molecule is Cn1nc(C(F)(F)F)cc1-c1sc(C(=O)Nc2c(F)cccc2F)cc1[N+](=O)[O-].Cn1nc(C(F)(F)F)cc1B(O)O.Nc1c(F)cccc1F.O=C(Cl)c1cc([N+](=O)[O-])c(Cl)s1.O=C(Nc1c(F)cccc1F)c1cc([N+](=O)[O-])c(Cl)s1.O=C(Nc1c(F)cccc1F)c1cc([N+](=O)[O-])c(Cl)s1.O=C(O)c1cc([N+](=O)[O-])c(Cl)s1. The second-order valence-corrected chi connectivity index (χ2v) is 28.6. The van der Waals surface area contributed by atoms with Crippen LogP contribution >= 0.6 is 115 Å². The molecule has 0 aliphatic heterocycles. The number of carboxylic acids is 1. The molecule has 11 rings (SSSR count). The summed E-state index contributed by atoms with van der Waals surface area (Å²) >= 11 is 30.4. The van der Waals surface area contributed by atoms with Crippen molar-refractivity contribution in [2.45, 2.75) is 12.4 Å². The Morgan fingerprint density at radius 3 is 0.957 bits per heavy atom. The highest BCUT2D eigenvalue weighted by Crippen LogP contribution is 2.42. The number of anilines is 4. The van der Waals surface area contributed by atoms with Gasteiger partial charge in [0.2, 0.25) is 0 Å². The van der Waals surface area contributed by atoms with E-state index in [2.05, 4.69) is 10.2 Å². The number of nitrogens with two attached hydrogens (primary N) is 1. The summed E-state index contributed by atoms with van der Waals surface area (Å²) in [7, 11) is 0.403. The van der Waals surface area contributed by atoms with Crippen molar-refractivity contribution >= 4 is 208 Å². The molecule has 4 aromatic carbocycles. The van der Waals surface area contributed by atoms with Crippen molar-refractivity contribution in [1.82, 2.24) is 19.6 Å². The number of nitrogen functional groups attached to an aromatic ring is 1. The summed E-state index contributed by atoms with van der Waals surface area (Å²) in [6.45, 7) is 0. The Hall–Kier alpha value is -11.4. The zero-order valence-electron chi connectivity index (χ0n) is 55.3. The second kappa shape index (κ2) is 40.6. The third-order valence-corrected chi connectivity index (χ3v) is 19.7. The van der Waals surface area contributed by atoms with Crippen molar-refractivity contribution in [3.63, 3.8) is 0 Å². The maximum atomic E-state index is 13.7. The standard InChI is InChI=1S/C16H9F5N4O3S.2C11H5ClF2N2O3S.C6H5F2N.C5H6BF3N2O2.C5HCl2NO3S.C5H2ClNO4S/c1-24-9(6-12(23-24)16(19,20)21)14-10(25(27)28)5-11(29-14)15(26)22-13-7(17)3-2-4-8(13)18;2*12-10-7(16(18)19)4-8(20-10)11(17)15-9-5(13)2-1-3-6(9)14;7-4-2-1-3-5(8)6(4)9;1-11-4(6(12)13)2-3(10-11)5(7,8)9;6-4(9)3-1-2(8(10)11)5(7)12-3;6-4-2(7(10)11)1-3(12-4)5(8)9/h2-6H,1H3,(H,22,26);2*1-4H,(H,15,17);1-3H,9H2;2,12-13H,1H3;1H;1H,(H,8,9). The Balaban J connectivity index is 0.000000248. The lowest BCUT2D eigenvalue weighted by atomic mass is 9.86. The highest BCUT2D eigenvalue weighted by molar-refractivity contribution is 7.20. The van der Waals surface area contributed by atoms with E-state index in [1.54, 1.807) is 0 Å². The zero-order valence-corrected chi connectivity index (χ0v) is 63.2.